The van der Waals surface area contributed by atoms with Gasteiger partial charge in [-0.15, -0.1) is 0 Å². The molecule has 1 aliphatic rings. The number of hydrogen-bond donors (Lipinski definition) is 1. The van der Waals surface area contributed by atoms with E-state index < -0.39 is 28.5 Å². The second-order valence-corrected chi connectivity index (χ2v) is 12.6. The van der Waals surface area contributed by atoms with Crippen LogP contribution in [0, 0.1) is 0 Å². The van der Waals surface area contributed by atoms with Crippen molar-refractivity contribution < 1.29 is 22.7 Å². The number of nitrogens with zero attached hydrogens (tertiary/aromatic N) is 2. The molecule has 1 unspecified atom stereocenters. The van der Waals surface area contributed by atoms with Gasteiger partial charge >= 0.3 is 0 Å². The molecule has 0 aromatic heterocycles. The third-order valence-corrected chi connectivity index (χ3v) is 9.62. The van der Waals surface area contributed by atoms with E-state index in [9.17, 15) is 18.0 Å². The molecule has 218 valence electrons. The van der Waals surface area contributed by atoms with Crippen molar-refractivity contribution in [1.29, 1.82) is 0 Å². The summed E-state index contributed by atoms with van der Waals surface area (Å²) in [5.41, 5.74) is 0.887. The van der Waals surface area contributed by atoms with Gasteiger partial charge in [0.2, 0.25) is 11.8 Å². The molecule has 8 nitrogen and oxygen atoms in total. The summed E-state index contributed by atoms with van der Waals surface area (Å²) in [6, 6.07) is 18.3. The van der Waals surface area contributed by atoms with E-state index in [4.69, 9.17) is 27.9 Å². The van der Waals surface area contributed by atoms with Crippen molar-refractivity contribution in [3.63, 3.8) is 0 Å². The van der Waals surface area contributed by atoms with Crippen LogP contribution in [0.4, 0.5) is 5.69 Å². The quantitative estimate of drug-likeness (QED) is 0.299. The Kier molecular flexibility index (Phi) is 10.2. The molecule has 1 N–H and O–H groups in total. The van der Waals surface area contributed by atoms with E-state index in [1.165, 1.54) is 48.4 Å². The van der Waals surface area contributed by atoms with Crippen LogP contribution in [0.1, 0.15) is 38.2 Å². The molecule has 1 aliphatic carbocycles. The second kappa shape index (κ2) is 13.6. The minimum absolute atomic E-state index is 0.0225. The number of halogens is 2. The highest BCUT2D eigenvalue weighted by molar-refractivity contribution is 7.92. The molecule has 4 rings (SSSR count). The first-order chi connectivity index (χ1) is 19.6. The lowest BCUT2D eigenvalue weighted by atomic mass is 10.1. The molecule has 0 aliphatic heterocycles. The molecule has 0 bridgehead atoms. The van der Waals surface area contributed by atoms with Gasteiger partial charge in [-0.25, -0.2) is 8.42 Å². The van der Waals surface area contributed by atoms with Gasteiger partial charge in [0.05, 0.1) is 17.7 Å². The van der Waals surface area contributed by atoms with E-state index in [0.717, 1.165) is 30.0 Å². The Hall–Kier alpha value is -3.27. The van der Waals surface area contributed by atoms with Crippen molar-refractivity contribution in [3.05, 3.63) is 88.4 Å². The van der Waals surface area contributed by atoms with Gasteiger partial charge in [-0.2, -0.15) is 0 Å². The van der Waals surface area contributed by atoms with Gasteiger partial charge in [-0.3, -0.25) is 13.9 Å². The van der Waals surface area contributed by atoms with Crippen molar-refractivity contribution in [1.82, 2.24) is 10.2 Å². The van der Waals surface area contributed by atoms with E-state index in [1.54, 1.807) is 43.3 Å². The second-order valence-electron chi connectivity index (χ2n) is 9.94. The molecule has 1 fully saturated rings. The SMILES string of the molecule is COc1ccc(S(=O)(=O)N(CC(=O)N(Cc2ccccc2Cl)C(C)C(=O)NC2CCCC2)c2ccc(Cl)cc2)cc1. The predicted molar refractivity (Wildman–Crippen MR) is 161 cm³/mol. The maximum Gasteiger partial charge on any atom is 0.264 e. The first-order valence-corrected chi connectivity index (χ1v) is 15.6. The molecular weight excluding hydrogens is 585 g/mol. The van der Waals surface area contributed by atoms with Gasteiger partial charge in [0.25, 0.3) is 10.0 Å². The lowest BCUT2D eigenvalue weighted by molar-refractivity contribution is -0.139. The zero-order chi connectivity index (χ0) is 29.6. The van der Waals surface area contributed by atoms with E-state index in [1.807, 2.05) is 0 Å². The highest BCUT2D eigenvalue weighted by atomic mass is 35.5. The van der Waals surface area contributed by atoms with E-state index in [0.29, 0.717) is 21.4 Å². The number of anilines is 1. The van der Waals surface area contributed by atoms with Gasteiger partial charge < -0.3 is 15.0 Å². The molecule has 41 heavy (non-hydrogen) atoms. The maximum atomic E-state index is 14.0. The standard InChI is InChI=1S/C30H33Cl2N3O5S/c1-21(30(37)33-24-8-4-5-9-24)34(19-22-7-3-6-10-28(22)32)29(36)20-35(25-13-11-23(31)12-14-25)41(38,39)27-17-15-26(40-2)16-18-27/h3,6-7,10-18,21,24H,4-5,8-9,19-20H2,1-2H3,(H,33,37). The molecule has 1 atom stereocenters. The molecule has 0 saturated heterocycles. The Bertz CT molecular complexity index is 1460. The number of nitrogens with one attached hydrogen (secondary N) is 1. The van der Waals surface area contributed by atoms with Crippen molar-refractivity contribution in [3.8, 4) is 5.75 Å². The van der Waals surface area contributed by atoms with Crippen LogP contribution in [0.2, 0.25) is 10.0 Å². The van der Waals surface area contributed by atoms with Crippen LogP contribution in [0.3, 0.4) is 0 Å². The summed E-state index contributed by atoms with van der Waals surface area (Å²) in [6.07, 6.45) is 3.87. The summed E-state index contributed by atoms with van der Waals surface area (Å²) in [6.45, 7) is 1.11. The summed E-state index contributed by atoms with van der Waals surface area (Å²) in [5.74, 6) is -0.370. The molecular formula is C30H33Cl2N3O5S. The van der Waals surface area contributed by atoms with Gasteiger partial charge in [0.1, 0.15) is 18.3 Å². The summed E-state index contributed by atoms with van der Waals surface area (Å²) in [4.78, 5) is 28.7. The molecule has 0 radical (unpaired) electrons. The van der Waals surface area contributed by atoms with Crippen LogP contribution in [0.5, 0.6) is 5.75 Å². The fourth-order valence-electron chi connectivity index (χ4n) is 4.80. The Balaban J connectivity index is 1.69. The molecule has 1 saturated carbocycles. The summed E-state index contributed by atoms with van der Waals surface area (Å²) >= 11 is 12.5. The van der Waals surface area contributed by atoms with Crippen LogP contribution in [0.25, 0.3) is 0 Å². The smallest absolute Gasteiger partial charge is 0.264 e. The lowest BCUT2D eigenvalue weighted by Gasteiger charge is -2.32. The number of sulfonamides is 1. The fourth-order valence-corrected chi connectivity index (χ4v) is 6.53. The molecule has 0 spiro atoms. The Morgan fingerprint density at radius 3 is 2.22 bits per heavy atom. The monoisotopic (exact) mass is 617 g/mol. The van der Waals surface area contributed by atoms with Gasteiger partial charge in [0, 0.05) is 22.6 Å². The number of benzene rings is 3. The normalized spacial score (nSPS) is 14.3. The largest absolute Gasteiger partial charge is 0.497 e. The predicted octanol–water partition coefficient (Wildman–Crippen LogP) is 5.67. The first kappa shape index (κ1) is 30.7. The van der Waals surface area contributed by atoms with Crippen LogP contribution in [-0.4, -0.2) is 50.9 Å². The molecule has 11 heteroatoms. The third kappa shape index (κ3) is 7.52. The number of carbonyl (C=O) groups excluding carboxylic acids is 2. The van der Waals surface area contributed by atoms with Gasteiger partial charge in [0.15, 0.2) is 0 Å². The van der Waals surface area contributed by atoms with Crippen LogP contribution in [0.15, 0.2) is 77.7 Å². The lowest BCUT2D eigenvalue weighted by Crippen LogP contribution is -2.52. The zero-order valence-corrected chi connectivity index (χ0v) is 25.3. The Morgan fingerprint density at radius 1 is 0.976 bits per heavy atom. The highest BCUT2D eigenvalue weighted by Crippen LogP contribution is 2.28. The van der Waals surface area contributed by atoms with Crippen molar-refractivity contribution in [2.24, 2.45) is 0 Å². The number of ether oxygens (including phenoxy) is 1. The average molecular weight is 619 g/mol. The number of hydrogen-bond acceptors (Lipinski definition) is 5. The van der Waals surface area contributed by atoms with E-state index in [-0.39, 0.29) is 29.1 Å². The molecule has 0 heterocycles. The zero-order valence-electron chi connectivity index (χ0n) is 22.9. The molecule has 3 aromatic carbocycles. The van der Waals surface area contributed by atoms with Crippen LogP contribution < -0.4 is 14.4 Å². The topological polar surface area (TPSA) is 96.0 Å². The Morgan fingerprint density at radius 2 is 1.61 bits per heavy atom. The highest BCUT2D eigenvalue weighted by Gasteiger charge is 2.33. The minimum Gasteiger partial charge on any atom is -0.497 e. The van der Waals surface area contributed by atoms with E-state index >= 15 is 0 Å². The van der Waals surface area contributed by atoms with Crippen LogP contribution >= 0.6 is 23.2 Å². The average Bonchev–Trinajstić information content (AvgIpc) is 3.48. The summed E-state index contributed by atoms with van der Waals surface area (Å²) < 4.78 is 34.0. The number of amides is 2. The van der Waals surface area contributed by atoms with Crippen LogP contribution in [-0.2, 0) is 26.2 Å². The fraction of sp³-hybridized carbons (Fsp3) is 0.333. The summed E-state index contributed by atoms with van der Waals surface area (Å²) in [5, 5.41) is 3.90. The molecule has 2 amide bonds. The first-order valence-electron chi connectivity index (χ1n) is 13.4. The summed E-state index contributed by atoms with van der Waals surface area (Å²) in [7, 11) is -2.72. The van der Waals surface area contributed by atoms with Crippen molar-refractivity contribution in [2.75, 3.05) is 18.0 Å². The third-order valence-electron chi connectivity index (χ3n) is 7.21. The maximum absolute atomic E-state index is 14.0. The van der Waals surface area contributed by atoms with Crippen molar-refractivity contribution >= 4 is 50.7 Å². The van der Waals surface area contributed by atoms with Gasteiger partial charge in [-0.1, -0.05) is 54.2 Å². The molecule has 3 aromatic rings. The number of carbonyl (C=O) groups is 2. The number of rotatable bonds is 11. The Labute approximate surface area is 251 Å². The number of methoxy groups -OCH3 is 1. The van der Waals surface area contributed by atoms with Gasteiger partial charge in [-0.05, 0) is 79.9 Å². The van der Waals surface area contributed by atoms with Crippen molar-refractivity contribution in [2.45, 2.75) is 56.1 Å². The minimum atomic E-state index is -4.21. The van der Waals surface area contributed by atoms with E-state index in [2.05, 4.69) is 5.32 Å².